The lowest BCUT2D eigenvalue weighted by molar-refractivity contribution is -0.170. The average Bonchev–Trinajstić information content (AvgIpc) is 3.40. The second-order valence-corrected chi connectivity index (χ2v) is 8.27. The van der Waals surface area contributed by atoms with Crippen molar-refractivity contribution in [2.24, 2.45) is 0 Å². The smallest absolute Gasteiger partial charge is 0.336 e. The van der Waals surface area contributed by atoms with Gasteiger partial charge in [-0.1, -0.05) is 24.3 Å². The predicted molar refractivity (Wildman–Crippen MR) is 129 cm³/mol. The molecule has 0 saturated carbocycles. The molecule has 0 fully saturated rings. The molecule has 13 heteroatoms. The maximum atomic E-state index is 10.3. The third-order valence-electron chi connectivity index (χ3n) is 4.98. The largest absolute Gasteiger partial charge is 0.481 e. The molecular formula is C24H29N5O8. The summed E-state index contributed by atoms with van der Waals surface area (Å²) in [6.07, 6.45) is 1.60. The van der Waals surface area contributed by atoms with Gasteiger partial charge in [0.25, 0.3) is 0 Å². The van der Waals surface area contributed by atoms with Crippen molar-refractivity contribution in [1.82, 2.24) is 24.9 Å². The molecular weight excluding hydrogens is 486 g/mol. The van der Waals surface area contributed by atoms with Crippen LogP contribution >= 0.6 is 0 Å². The number of carboxylic acid groups (broad SMARTS) is 3. The van der Waals surface area contributed by atoms with E-state index < -0.39 is 36.4 Å². The molecule has 3 aromatic rings. The first-order valence-corrected chi connectivity index (χ1v) is 11.0. The summed E-state index contributed by atoms with van der Waals surface area (Å²) in [5.74, 6) is -3.86. The zero-order chi connectivity index (χ0) is 27.6. The van der Waals surface area contributed by atoms with Gasteiger partial charge in [-0.05, 0) is 26.1 Å². The molecule has 2 aromatic heterocycles. The number of carboxylic acids is 3. The Morgan fingerprint density at radius 3 is 2.24 bits per heavy atom. The van der Waals surface area contributed by atoms with Crippen molar-refractivity contribution in [3.8, 4) is 11.5 Å². The van der Waals surface area contributed by atoms with Crippen LogP contribution in [0.2, 0.25) is 0 Å². The van der Waals surface area contributed by atoms with Crippen LogP contribution < -0.4 is 0 Å². The molecule has 1 aromatic carbocycles. The Morgan fingerprint density at radius 1 is 1.08 bits per heavy atom. The molecule has 4 N–H and O–H groups in total. The van der Waals surface area contributed by atoms with E-state index in [1.165, 1.54) is 5.56 Å². The van der Waals surface area contributed by atoms with E-state index >= 15 is 0 Å². The van der Waals surface area contributed by atoms with Crippen LogP contribution in [0.25, 0.3) is 11.5 Å². The average molecular weight is 516 g/mol. The molecule has 13 nitrogen and oxygen atoms in total. The van der Waals surface area contributed by atoms with E-state index in [0.29, 0.717) is 24.9 Å². The van der Waals surface area contributed by atoms with Crippen molar-refractivity contribution in [1.29, 1.82) is 0 Å². The summed E-state index contributed by atoms with van der Waals surface area (Å²) in [7, 11) is 2.02. The Balaban J connectivity index is 0.000000317. The summed E-state index contributed by atoms with van der Waals surface area (Å²) in [4.78, 5) is 32.6. The van der Waals surface area contributed by atoms with Crippen molar-refractivity contribution in [2.75, 3.05) is 7.05 Å². The van der Waals surface area contributed by atoms with Gasteiger partial charge in [-0.15, -0.1) is 16.8 Å². The first-order chi connectivity index (χ1) is 17.4. The standard InChI is InChI=1S/C18H21N5O.C6H8O7/c1-4-10-23-12-16(14(2)21-23)11-22(3)13-17-19-20-18(24-17)15-8-6-5-7-9-15;7-3(8)1-6(13,5(11)12)2-4(9)10/h4-9,12H,1,10-11,13H2,2-3H3;13H,1-2H2,(H,7,8)(H,9,10)(H,11,12). The fourth-order valence-corrected chi connectivity index (χ4v) is 3.25. The number of allylic oxidation sites excluding steroid dienone is 1. The molecule has 0 radical (unpaired) electrons. The number of aliphatic carboxylic acids is 3. The Bertz CT molecular complexity index is 1200. The molecule has 0 bridgehead atoms. The van der Waals surface area contributed by atoms with Gasteiger partial charge in [-0.3, -0.25) is 19.2 Å². The van der Waals surface area contributed by atoms with Crippen LogP contribution in [0, 0.1) is 6.92 Å². The van der Waals surface area contributed by atoms with Crippen molar-refractivity contribution in [3.05, 3.63) is 66.3 Å². The van der Waals surface area contributed by atoms with Gasteiger partial charge in [0.05, 0.1) is 31.6 Å². The summed E-state index contributed by atoms with van der Waals surface area (Å²) in [6.45, 7) is 7.83. The number of rotatable bonds is 12. The van der Waals surface area contributed by atoms with Crippen LogP contribution in [-0.4, -0.2) is 75.9 Å². The number of hydrogen-bond acceptors (Lipinski definition) is 9. The molecule has 0 spiro atoms. The van der Waals surface area contributed by atoms with E-state index in [4.69, 9.17) is 24.8 Å². The first-order valence-electron chi connectivity index (χ1n) is 11.0. The Hall–Kier alpha value is -4.36. The fourth-order valence-electron chi connectivity index (χ4n) is 3.25. The molecule has 0 atom stereocenters. The van der Waals surface area contributed by atoms with E-state index in [0.717, 1.165) is 17.8 Å². The third kappa shape index (κ3) is 8.98. The second kappa shape index (κ2) is 13.1. The van der Waals surface area contributed by atoms with E-state index in [-0.39, 0.29) is 0 Å². The van der Waals surface area contributed by atoms with E-state index in [9.17, 15) is 14.4 Å². The van der Waals surface area contributed by atoms with Crippen molar-refractivity contribution in [3.63, 3.8) is 0 Å². The number of aliphatic hydroxyl groups is 1. The molecule has 0 aliphatic rings. The van der Waals surface area contributed by atoms with Crippen molar-refractivity contribution >= 4 is 17.9 Å². The van der Waals surface area contributed by atoms with Crippen LogP contribution in [0.4, 0.5) is 0 Å². The fraction of sp³-hybridized carbons (Fsp3) is 0.333. The molecule has 0 aliphatic carbocycles. The zero-order valence-corrected chi connectivity index (χ0v) is 20.4. The Kier molecular flexibility index (Phi) is 10.2. The monoisotopic (exact) mass is 515 g/mol. The van der Waals surface area contributed by atoms with Gasteiger partial charge < -0.3 is 24.8 Å². The first kappa shape index (κ1) is 28.9. The number of aromatic nitrogens is 4. The van der Waals surface area contributed by atoms with Gasteiger partial charge in [0.1, 0.15) is 0 Å². The maximum absolute atomic E-state index is 10.3. The van der Waals surface area contributed by atoms with Crippen LogP contribution in [0.1, 0.15) is 30.0 Å². The topological polar surface area (TPSA) is 192 Å². The summed E-state index contributed by atoms with van der Waals surface area (Å²) < 4.78 is 7.65. The van der Waals surface area contributed by atoms with Crippen LogP contribution in [0.15, 0.2) is 53.6 Å². The minimum absolute atomic E-state index is 0.550. The molecule has 198 valence electrons. The number of benzene rings is 1. The van der Waals surface area contributed by atoms with Crippen LogP contribution in [0.3, 0.4) is 0 Å². The number of nitrogens with zero attached hydrogens (tertiary/aromatic N) is 5. The number of aryl methyl sites for hydroxylation is 1. The Morgan fingerprint density at radius 2 is 1.70 bits per heavy atom. The predicted octanol–water partition coefficient (Wildman–Crippen LogP) is 1.81. The summed E-state index contributed by atoms with van der Waals surface area (Å²) in [5, 5.41) is 46.5. The lowest BCUT2D eigenvalue weighted by Crippen LogP contribution is -2.42. The van der Waals surface area contributed by atoms with Crippen molar-refractivity contribution in [2.45, 2.75) is 45.0 Å². The Labute approximate surface area is 212 Å². The molecule has 0 amide bonds. The lowest BCUT2D eigenvalue weighted by Gasteiger charge is -2.18. The van der Waals surface area contributed by atoms with Gasteiger partial charge in [0.2, 0.25) is 11.8 Å². The molecule has 37 heavy (non-hydrogen) atoms. The molecule has 0 aliphatic heterocycles. The lowest BCUT2D eigenvalue weighted by atomic mass is 9.96. The van der Waals surface area contributed by atoms with E-state index in [1.807, 2.05) is 55.1 Å². The highest BCUT2D eigenvalue weighted by atomic mass is 16.4. The summed E-state index contributed by atoms with van der Waals surface area (Å²) in [5.41, 5.74) is 0.402. The van der Waals surface area contributed by atoms with E-state index in [2.05, 4.69) is 33.0 Å². The molecule has 3 rings (SSSR count). The van der Waals surface area contributed by atoms with Crippen LogP contribution in [0.5, 0.6) is 0 Å². The highest BCUT2D eigenvalue weighted by molar-refractivity contribution is 5.88. The summed E-state index contributed by atoms with van der Waals surface area (Å²) >= 11 is 0. The minimum Gasteiger partial charge on any atom is -0.481 e. The SMILES string of the molecule is C=CCn1cc(CN(C)Cc2nnc(-c3ccccc3)o2)c(C)n1.O=C(O)CC(O)(CC(=O)O)C(=O)O. The number of carbonyl (C=O) groups is 3. The minimum atomic E-state index is -2.74. The van der Waals surface area contributed by atoms with E-state index in [1.54, 1.807) is 0 Å². The molecule has 2 heterocycles. The maximum Gasteiger partial charge on any atom is 0.336 e. The van der Waals surface area contributed by atoms with Gasteiger partial charge >= 0.3 is 17.9 Å². The van der Waals surface area contributed by atoms with Crippen molar-refractivity contribution < 1.29 is 39.2 Å². The van der Waals surface area contributed by atoms with Gasteiger partial charge in [0, 0.05) is 23.9 Å². The normalized spacial score (nSPS) is 11.0. The second-order valence-electron chi connectivity index (χ2n) is 8.27. The van der Waals surface area contributed by atoms with Gasteiger partial charge in [-0.2, -0.15) is 5.10 Å². The third-order valence-corrected chi connectivity index (χ3v) is 4.98. The number of hydrogen-bond donors (Lipinski definition) is 4. The molecule has 0 unspecified atom stereocenters. The highest BCUT2D eigenvalue weighted by Crippen LogP contribution is 2.18. The van der Waals surface area contributed by atoms with Gasteiger partial charge in [0.15, 0.2) is 5.60 Å². The zero-order valence-electron chi connectivity index (χ0n) is 20.4. The highest BCUT2D eigenvalue weighted by Gasteiger charge is 2.40. The molecule has 0 saturated heterocycles. The quantitative estimate of drug-likeness (QED) is 0.256. The summed E-state index contributed by atoms with van der Waals surface area (Å²) in [6, 6.07) is 9.78. The van der Waals surface area contributed by atoms with Crippen LogP contribution in [-0.2, 0) is 34.0 Å². The van der Waals surface area contributed by atoms with Gasteiger partial charge in [-0.25, -0.2) is 4.79 Å².